The zero-order chi connectivity index (χ0) is 9.68. The predicted octanol–water partition coefficient (Wildman–Crippen LogP) is 2.80. The number of hydrogen-bond donors (Lipinski definition) is 1. The van der Waals surface area contributed by atoms with Gasteiger partial charge in [-0.05, 0) is 43.6 Å². The molecular weight excluding hydrogens is 182 g/mol. The van der Waals surface area contributed by atoms with E-state index < -0.39 is 0 Å². The lowest BCUT2D eigenvalue weighted by Crippen LogP contribution is -2.16. The van der Waals surface area contributed by atoms with Crippen molar-refractivity contribution in [1.82, 2.24) is 5.32 Å². The summed E-state index contributed by atoms with van der Waals surface area (Å²) in [6, 6.07) is 6.05. The Morgan fingerprint density at radius 2 is 2.15 bits per heavy atom. The molecule has 2 heteroatoms. The second kappa shape index (κ2) is 5.25. The molecule has 1 nitrogen and oxygen atoms in total. The van der Waals surface area contributed by atoms with E-state index in [0.717, 1.165) is 24.5 Å². The van der Waals surface area contributed by atoms with Gasteiger partial charge in [-0.1, -0.05) is 30.7 Å². The molecule has 0 heterocycles. The van der Waals surface area contributed by atoms with Crippen LogP contribution in [0, 0.1) is 6.92 Å². The van der Waals surface area contributed by atoms with Crippen LogP contribution in [0.5, 0.6) is 0 Å². The summed E-state index contributed by atoms with van der Waals surface area (Å²) in [6.07, 6.45) is 1.01. The Balaban J connectivity index is 2.64. The number of halogens is 1. The largest absolute Gasteiger partial charge is 0.317 e. The minimum atomic E-state index is 0.887. The Labute approximate surface area is 85.1 Å². The summed E-state index contributed by atoms with van der Waals surface area (Å²) in [5, 5.41) is 4.18. The van der Waals surface area contributed by atoms with Gasteiger partial charge < -0.3 is 5.32 Å². The SMILES string of the molecule is CCNCCc1c(C)cccc1Cl. The summed E-state index contributed by atoms with van der Waals surface area (Å²) in [4.78, 5) is 0. The monoisotopic (exact) mass is 197 g/mol. The fourth-order valence-electron chi connectivity index (χ4n) is 1.37. The number of aryl methyl sites for hydroxylation is 1. The van der Waals surface area contributed by atoms with Crippen molar-refractivity contribution in [3.63, 3.8) is 0 Å². The van der Waals surface area contributed by atoms with E-state index in [-0.39, 0.29) is 0 Å². The third-order valence-electron chi connectivity index (χ3n) is 2.15. The van der Waals surface area contributed by atoms with Crippen LogP contribution in [-0.4, -0.2) is 13.1 Å². The zero-order valence-electron chi connectivity index (χ0n) is 8.23. The maximum atomic E-state index is 6.08. The smallest absolute Gasteiger partial charge is 0.0441 e. The van der Waals surface area contributed by atoms with Gasteiger partial charge in [0.2, 0.25) is 0 Å². The highest BCUT2D eigenvalue weighted by molar-refractivity contribution is 6.31. The van der Waals surface area contributed by atoms with Gasteiger partial charge in [0.15, 0.2) is 0 Å². The maximum Gasteiger partial charge on any atom is 0.0441 e. The molecule has 0 atom stereocenters. The highest BCUT2D eigenvalue weighted by atomic mass is 35.5. The Hall–Kier alpha value is -0.530. The van der Waals surface area contributed by atoms with Crippen molar-refractivity contribution in [2.45, 2.75) is 20.3 Å². The summed E-state index contributed by atoms with van der Waals surface area (Å²) in [5.74, 6) is 0. The minimum absolute atomic E-state index is 0.887. The first kappa shape index (κ1) is 10.6. The molecule has 0 spiro atoms. The molecule has 0 aliphatic heterocycles. The molecule has 72 valence electrons. The Morgan fingerprint density at radius 1 is 1.38 bits per heavy atom. The molecule has 1 aromatic rings. The van der Waals surface area contributed by atoms with E-state index in [1.54, 1.807) is 0 Å². The number of likely N-dealkylation sites (N-methyl/N-ethyl adjacent to an activating group) is 1. The number of nitrogens with one attached hydrogen (secondary N) is 1. The van der Waals surface area contributed by atoms with Crippen molar-refractivity contribution in [3.8, 4) is 0 Å². The number of rotatable bonds is 4. The van der Waals surface area contributed by atoms with Gasteiger partial charge in [-0.15, -0.1) is 0 Å². The van der Waals surface area contributed by atoms with Gasteiger partial charge in [-0.3, -0.25) is 0 Å². The highest BCUT2D eigenvalue weighted by Crippen LogP contribution is 2.19. The van der Waals surface area contributed by atoms with Gasteiger partial charge in [-0.25, -0.2) is 0 Å². The average Bonchev–Trinajstić information content (AvgIpc) is 2.10. The summed E-state index contributed by atoms with van der Waals surface area (Å²) in [5.41, 5.74) is 2.55. The molecule has 1 aromatic carbocycles. The first-order chi connectivity index (χ1) is 6.25. The minimum Gasteiger partial charge on any atom is -0.317 e. The van der Waals surface area contributed by atoms with E-state index in [1.807, 2.05) is 12.1 Å². The summed E-state index contributed by atoms with van der Waals surface area (Å²) in [6.45, 7) is 6.23. The third-order valence-corrected chi connectivity index (χ3v) is 2.51. The molecule has 0 aliphatic carbocycles. The number of hydrogen-bond acceptors (Lipinski definition) is 1. The highest BCUT2D eigenvalue weighted by Gasteiger charge is 2.01. The molecule has 0 radical (unpaired) electrons. The first-order valence-electron chi connectivity index (χ1n) is 4.70. The van der Waals surface area contributed by atoms with Crippen molar-refractivity contribution in [3.05, 3.63) is 34.3 Å². The van der Waals surface area contributed by atoms with Crippen LogP contribution < -0.4 is 5.32 Å². The lowest BCUT2D eigenvalue weighted by atomic mass is 10.1. The Morgan fingerprint density at radius 3 is 2.77 bits per heavy atom. The van der Waals surface area contributed by atoms with E-state index in [2.05, 4.69) is 25.2 Å². The molecule has 1 N–H and O–H groups in total. The lowest BCUT2D eigenvalue weighted by molar-refractivity contribution is 0.715. The van der Waals surface area contributed by atoms with Crippen LogP contribution in [0.25, 0.3) is 0 Å². The van der Waals surface area contributed by atoms with Gasteiger partial charge in [0.25, 0.3) is 0 Å². The third kappa shape index (κ3) is 3.02. The topological polar surface area (TPSA) is 12.0 Å². The molecule has 0 saturated heterocycles. The normalized spacial score (nSPS) is 10.4. The zero-order valence-corrected chi connectivity index (χ0v) is 8.99. The molecule has 0 fully saturated rings. The molecule has 0 amide bonds. The van der Waals surface area contributed by atoms with E-state index in [9.17, 15) is 0 Å². The molecule has 0 aromatic heterocycles. The van der Waals surface area contributed by atoms with Crippen LogP contribution in [0.3, 0.4) is 0 Å². The van der Waals surface area contributed by atoms with Gasteiger partial charge in [-0.2, -0.15) is 0 Å². The molecular formula is C11H16ClN. The van der Waals surface area contributed by atoms with Crippen molar-refractivity contribution < 1.29 is 0 Å². The van der Waals surface area contributed by atoms with Crippen molar-refractivity contribution >= 4 is 11.6 Å². The maximum absolute atomic E-state index is 6.08. The first-order valence-corrected chi connectivity index (χ1v) is 5.08. The molecule has 13 heavy (non-hydrogen) atoms. The van der Waals surface area contributed by atoms with Crippen LogP contribution in [0.2, 0.25) is 5.02 Å². The molecule has 0 unspecified atom stereocenters. The van der Waals surface area contributed by atoms with Crippen LogP contribution in [0.1, 0.15) is 18.1 Å². The van der Waals surface area contributed by atoms with Gasteiger partial charge >= 0.3 is 0 Å². The van der Waals surface area contributed by atoms with Crippen LogP contribution in [0.15, 0.2) is 18.2 Å². The fraction of sp³-hybridized carbons (Fsp3) is 0.455. The molecule has 0 bridgehead atoms. The van der Waals surface area contributed by atoms with Gasteiger partial charge in [0, 0.05) is 5.02 Å². The van der Waals surface area contributed by atoms with Crippen molar-refractivity contribution in [2.75, 3.05) is 13.1 Å². The van der Waals surface area contributed by atoms with Gasteiger partial charge in [0.1, 0.15) is 0 Å². The fourth-order valence-corrected chi connectivity index (χ4v) is 1.69. The van der Waals surface area contributed by atoms with Crippen LogP contribution >= 0.6 is 11.6 Å². The quantitative estimate of drug-likeness (QED) is 0.733. The van der Waals surface area contributed by atoms with E-state index >= 15 is 0 Å². The second-order valence-corrected chi connectivity index (χ2v) is 3.55. The molecule has 0 saturated carbocycles. The van der Waals surface area contributed by atoms with Crippen molar-refractivity contribution in [1.29, 1.82) is 0 Å². The van der Waals surface area contributed by atoms with Crippen LogP contribution in [-0.2, 0) is 6.42 Å². The average molecular weight is 198 g/mol. The molecule has 0 aliphatic rings. The lowest BCUT2D eigenvalue weighted by Gasteiger charge is -2.07. The standard InChI is InChI=1S/C11H16ClN/c1-3-13-8-7-10-9(2)5-4-6-11(10)12/h4-6,13H,3,7-8H2,1-2H3. The predicted molar refractivity (Wildman–Crippen MR) is 58.4 cm³/mol. The summed E-state index contributed by atoms with van der Waals surface area (Å²) >= 11 is 6.08. The summed E-state index contributed by atoms with van der Waals surface area (Å²) in [7, 11) is 0. The Bertz CT molecular complexity index is 251. The van der Waals surface area contributed by atoms with E-state index in [0.29, 0.717) is 0 Å². The number of benzene rings is 1. The Kier molecular flexibility index (Phi) is 4.26. The van der Waals surface area contributed by atoms with E-state index in [1.165, 1.54) is 11.1 Å². The second-order valence-electron chi connectivity index (χ2n) is 3.14. The summed E-state index contributed by atoms with van der Waals surface area (Å²) < 4.78 is 0. The molecule has 1 rings (SSSR count). The van der Waals surface area contributed by atoms with E-state index in [4.69, 9.17) is 11.6 Å². The van der Waals surface area contributed by atoms with Crippen LogP contribution in [0.4, 0.5) is 0 Å². The van der Waals surface area contributed by atoms with Gasteiger partial charge in [0.05, 0.1) is 0 Å². The van der Waals surface area contributed by atoms with Crippen molar-refractivity contribution in [2.24, 2.45) is 0 Å².